The number of nitrogens with one attached hydrogen (secondary N) is 1. The van der Waals surface area contributed by atoms with Crippen molar-refractivity contribution in [3.05, 3.63) is 29.6 Å². The maximum absolute atomic E-state index is 4.64. The molecule has 116 valence electrons. The van der Waals surface area contributed by atoms with Gasteiger partial charge in [-0.15, -0.1) is 0 Å². The average molecular weight is 288 g/mol. The van der Waals surface area contributed by atoms with E-state index in [1.807, 2.05) is 6.20 Å². The predicted octanol–water partition coefficient (Wildman–Crippen LogP) is 1.86. The van der Waals surface area contributed by atoms with Gasteiger partial charge in [-0.2, -0.15) is 0 Å². The fraction of sp³-hybridized carbons (Fsp3) is 0.706. The number of rotatable bonds is 5. The molecule has 1 saturated carbocycles. The smallest absolute Gasteiger partial charge is 0.0544 e. The molecule has 2 aliphatic rings. The molecule has 2 fully saturated rings. The molecule has 2 unspecified atom stereocenters. The van der Waals surface area contributed by atoms with E-state index in [0.717, 1.165) is 32.2 Å². The Kier molecular flexibility index (Phi) is 4.57. The first-order valence-electron chi connectivity index (χ1n) is 8.23. The van der Waals surface area contributed by atoms with Crippen LogP contribution in [0.5, 0.6) is 0 Å². The summed E-state index contributed by atoms with van der Waals surface area (Å²) >= 11 is 0. The van der Waals surface area contributed by atoms with Crippen LogP contribution in [0.25, 0.3) is 0 Å². The fourth-order valence-electron chi connectivity index (χ4n) is 3.07. The highest BCUT2D eigenvalue weighted by Crippen LogP contribution is 2.19. The topological polar surface area (TPSA) is 31.4 Å². The molecule has 4 heteroatoms. The molecule has 1 saturated heterocycles. The van der Waals surface area contributed by atoms with E-state index >= 15 is 0 Å². The van der Waals surface area contributed by atoms with E-state index in [2.05, 4.69) is 53.1 Å². The standard InChI is InChI=1S/C17H28N4/c1-13-10-21(11-14(2)20(13)3)12-17-5-4-15(9-19-17)8-18-16-6-7-16/h4-5,9,13-14,16,18H,6-8,10-12H2,1-3H3. The minimum Gasteiger partial charge on any atom is -0.310 e. The van der Waals surface area contributed by atoms with Gasteiger partial charge >= 0.3 is 0 Å². The van der Waals surface area contributed by atoms with Gasteiger partial charge in [0, 0.05) is 50.5 Å². The van der Waals surface area contributed by atoms with Crippen LogP contribution in [0.4, 0.5) is 0 Å². The molecule has 1 aliphatic heterocycles. The molecule has 0 bridgehead atoms. The summed E-state index contributed by atoms with van der Waals surface area (Å²) in [4.78, 5) is 9.64. The summed E-state index contributed by atoms with van der Waals surface area (Å²) in [6.07, 6.45) is 4.71. The first-order valence-corrected chi connectivity index (χ1v) is 8.23. The van der Waals surface area contributed by atoms with Gasteiger partial charge in [0.05, 0.1) is 5.69 Å². The van der Waals surface area contributed by atoms with Crippen LogP contribution in [-0.4, -0.2) is 53.0 Å². The van der Waals surface area contributed by atoms with Crippen molar-refractivity contribution in [1.82, 2.24) is 20.1 Å². The number of pyridine rings is 1. The van der Waals surface area contributed by atoms with Gasteiger partial charge in [-0.3, -0.25) is 14.8 Å². The Labute approximate surface area is 128 Å². The third-order valence-electron chi connectivity index (χ3n) is 4.88. The highest BCUT2D eigenvalue weighted by atomic mass is 15.3. The molecule has 0 amide bonds. The summed E-state index contributed by atoms with van der Waals surface area (Å²) in [7, 11) is 2.23. The van der Waals surface area contributed by atoms with Crippen molar-refractivity contribution in [2.75, 3.05) is 20.1 Å². The number of aromatic nitrogens is 1. The first-order chi connectivity index (χ1) is 10.1. The molecule has 1 N–H and O–H groups in total. The number of hydrogen-bond acceptors (Lipinski definition) is 4. The molecular formula is C17H28N4. The van der Waals surface area contributed by atoms with Gasteiger partial charge in [0.1, 0.15) is 0 Å². The van der Waals surface area contributed by atoms with Crippen LogP contribution < -0.4 is 5.32 Å². The molecule has 2 atom stereocenters. The Morgan fingerprint density at radius 1 is 1.19 bits per heavy atom. The van der Waals surface area contributed by atoms with Gasteiger partial charge in [0.25, 0.3) is 0 Å². The van der Waals surface area contributed by atoms with Crippen molar-refractivity contribution in [2.24, 2.45) is 0 Å². The van der Waals surface area contributed by atoms with Crippen LogP contribution in [0.3, 0.4) is 0 Å². The molecule has 1 aromatic heterocycles. The van der Waals surface area contributed by atoms with Gasteiger partial charge in [-0.05, 0) is 45.4 Å². The van der Waals surface area contributed by atoms with E-state index in [4.69, 9.17) is 0 Å². The SMILES string of the molecule is CC1CN(Cc2ccc(CNC3CC3)cn2)CC(C)N1C. The van der Waals surface area contributed by atoms with Gasteiger partial charge in [0.15, 0.2) is 0 Å². The second-order valence-electron chi connectivity index (χ2n) is 6.87. The molecule has 21 heavy (non-hydrogen) atoms. The third-order valence-corrected chi connectivity index (χ3v) is 4.88. The maximum Gasteiger partial charge on any atom is 0.0544 e. The van der Waals surface area contributed by atoms with E-state index < -0.39 is 0 Å². The Bertz CT molecular complexity index is 442. The Balaban J connectivity index is 1.52. The first kappa shape index (κ1) is 14.9. The average Bonchev–Trinajstić information content (AvgIpc) is 3.28. The van der Waals surface area contributed by atoms with Crippen molar-refractivity contribution in [3.63, 3.8) is 0 Å². The Morgan fingerprint density at radius 2 is 1.90 bits per heavy atom. The van der Waals surface area contributed by atoms with Crippen molar-refractivity contribution < 1.29 is 0 Å². The zero-order valence-corrected chi connectivity index (χ0v) is 13.5. The second-order valence-corrected chi connectivity index (χ2v) is 6.87. The minimum absolute atomic E-state index is 0.621. The minimum atomic E-state index is 0.621. The summed E-state index contributed by atoms with van der Waals surface area (Å²) in [6, 6.07) is 6.42. The largest absolute Gasteiger partial charge is 0.310 e. The Hall–Kier alpha value is -0.970. The summed E-state index contributed by atoms with van der Waals surface area (Å²) in [5.41, 5.74) is 2.49. The number of nitrogens with zero attached hydrogens (tertiary/aromatic N) is 3. The molecule has 4 nitrogen and oxygen atoms in total. The van der Waals surface area contributed by atoms with E-state index in [9.17, 15) is 0 Å². The van der Waals surface area contributed by atoms with E-state index in [-0.39, 0.29) is 0 Å². The third kappa shape index (κ3) is 4.02. The number of piperazine rings is 1. The van der Waals surface area contributed by atoms with Crippen LogP contribution >= 0.6 is 0 Å². The van der Waals surface area contributed by atoms with Crippen LogP contribution in [0.15, 0.2) is 18.3 Å². The second kappa shape index (κ2) is 6.42. The van der Waals surface area contributed by atoms with Crippen LogP contribution in [0, 0.1) is 0 Å². The molecule has 0 spiro atoms. The summed E-state index contributed by atoms with van der Waals surface area (Å²) in [5.74, 6) is 0. The number of likely N-dealkylation sites (N-methyl/N-ethyl adjacent to an activating group) is 1. The number of hydrogen-bond donors (Lipinski definition) is 1. The van der Waals surface area contributed by atoms with Crippen molar-refractivity contribution in [2.45, 2.75) is 57.9 Å². The summed E-state index contributed by atoms with van der Waals surface area (Å²) in [5, 5.41) is 3.53. The van der Waals surface area contributed by atoms with Gasteiger partial charge in [-0.1, -0.05) is 6.07 Å². The Morgan fingerprint density at radius 3 is 2.48 bits per heavy atom. The highest BCUT2D eigenvalue weighted by Gasteiger charge is 2.26. The normalized spacial score (nSPS) is 28.0. The zero-order chi connectivity index (χ0) is 14.8. The quantitative estimate of drug-likeness (QED) is 0.896. The molecule has 0 aromatic carbocycles. The lowest BCUT2D eigenvalue weighted by molar-refractivity contribution is 0.0549. The lowest BCUT2D eigenvalue weighted by Gasteiger charge is -2.42. The van der Waals surface area contributed by atoms with Crippen molar-refractivity contribution >= 4 is 0 Å². The summed E-state index contributed by atoms with van der Waals surface area (Å²) in [6.45, 7) is 8.81. The summed E-state index contributed by atoms with van der Waals surface area (Å²) < 4.78 is 0. The molecular weight excluding hydrogens is 260 g/mol. The lowest BCUT2D eigenvalue weighted by Crippen LogP contribution is -2.54. The van der Waals surface area contributed by atoms with E-state index in [1.54, 1.807) is 0 Å². The molecule has 1 aliphatic carbocycles. The molecule has 1 aromatic rings. The zero-order valence-electron chi connectivity index (χ0n) is 13.5. The monoisotopic (exact) mass is 288 g/mol. The van der Waals surface area contributed by atoms with Crippen molar-refractivity contribution in [3.8, 4) is 0 Å². The van der Waals surface area contributed by atoms with Crippen LogP contribution in [0.2, 0.25) is 0 Å². The maximum atomic E-state index is 4.64. The predicted molar refractivity (Wildman–Crippen MR) is 86.1 cm³/mol. The molecule has 2 heterocycles. The fourth-order valence-corrected chi connectivity index (χ4v) is 3.07. The lowest BCUT2D eigenvalue weighted by atomic mass is 10.1. The van der Waals surface area contributed by atoms with Gasteiger partial charge < -0.3 is 5.32 Å². The molecule has 3 rings (SSSR count). The molecule has 0 radical (unpaired) electrons. The van der Waals surface area contributed by atoms with Crippen molar-refractivity contribution in [1.29, 1.82) is 0 Å². The van der Waals surface area contributed by atoms with E-state index in [0.29, 0.717) is 12.1 Å². The van der Waals surface area contributed by atoms with Gasteiger partial charge in [-0.25, -0.2) is 0 Å². The van der Waals surface area contributed by atoms with E-state index in [1.165, 1.54) is 24.1 Å². The van der Waals surface area contributed by atoms with Gasteiger partial charge in [0.2, 0.25) is 0 Å². The van der Waals surface area contributed by atoms with Crippen LogP contribution in [0.1, 0.15) is 37.9 Å². The highest BCUT2D eigenvalue weighted by molar-refractivity contribution is 5.14. The van der Waals surface area contributed by atoms with Crippen LogP contribution in [-0.2, 0) is 13.1 Å².